The summed E-state index contributed by atoms with van der Waals surface area (Å²) in [6.07, 6.45) is 3.53. The highest BCUT2D eigenvalue weighted by Gasteiger charge is 2.23. The van der Waals surface area contributed by atoms with Gasteiger partial charge < -0.3 is 4.90 Å². The fraction of sp³-hybridized carbons (Fsp3) is 0.636. The predicted molar refractivity (Wildman–Crippen MR) is 72.4 cm³/mol. The first-order valence-corrected chi connectivity index (χ1v) is 8.66. The van der Waals surface area contributed by atoms with Crippen molar-refractivity contribution >= 4 is 32.1 Å². The zero-order chi connectivity index (χ0) is 13.3. The maximum atomic E-state index is 11.7. The molecule has 0 aromatic carbocycles. The van der Waals surface area contributed by atoms with Crippen LogP contribution in [0.25, 0.3) is 0 Å². The van der Waals surface area contributed by atoms with E-state index in [1.54, 1.807) is 11.9 Å². The summed E-state index contributed by atoms with van der Waals surface area (Å²) in [5, 5.41) is 0.735. The molecule has 1 aromatic rings. The number of carbonyl (C=O) groups is 1. The molecule has 100 valence electrons. The number of Topliss-reactive ketones (excluding diaryl/α,β-unsaturated/α-hetero) is 1. The Morgan fingerprint density at radius 3 is 2.72 bits per heavy atom. The fourth-order valence-corrected chi connectivity index (χ4v) is 3.49. The van der Waals surface area contributed by atoms with Crippen LogP contribution in [0.15, 0.2) is 0 Å². The van der Waals surface area contributed by atoms with Crippen LogP contribution in [0, 0.1) is 0 Å². The van der Waals surface area contributed by atoms with Gasteiger partial charge >= 0.3 is 0 Å². The maximum Gasteiger partial charge on any atom is 0.185 e. The van der Waals surface area contributed by atoms with Crippen molar-refractivity contribution < 1.29 is 13.2 Å². The van der Waals surface area contributed by atoms with Crippen LogP contribution in [-0.2, 0) is 16.3 Å². The molecule has 1 aliphatic carbocycles. The molecule has 0 atom stereocenters. The van der Waals surface area contributed by atoms with Gasteiger partial charge in [0.25, 0.3) is 0 Å². The number of hydrogen-bond acceptors (Lipinski definition) is 6. The molecule has 0 radical (unpaired) electrons. The summed E-state index contributed by atoms with van der Waals surface area (Å²) >= 11 is 1.37. The molecule has 7 heteroatoms. The fourth-order valence-electron chi connectivity index (χ4n) is 1.82. The van der Waals surface area contributed by atoms with Crippen molar-refractivity contribution in [3.63, 3.8) is 0 Å². The average Bonchev–Trinajstić information content (AvgIpc) is 2.70. The molecule has 2 rings (SSSR count). The second-order valence-electron chi connectivity index (χ2n) is 4.60. The van der Waals surface area contributed by atoms with Gasteiger partial charge in [-0.25, -0.2) is 13.4 Å². The van der Waals surface area contributed by atoms with E-state index in [9.17, 15) is 13.2 Å². The molecule has 0 spiro atoms. The van der Waals surface area contributed by atoms with Gasteiger partial charge in [0.05, 0.1) is 16.3 Å². The van der Waals surface area contributed by atoms with E-state index in [4.69, 9.17) is 0 Å². The number of sulfone groups is 1. The van der Waals surface area contributed by atoms with Gasteiger partial charge in [0.1, 0.15) is 9.84 Å². The Morgan fingerprint density at radius 1 is 1.39 bits per heavy atom. The minimum Gasteiger partial charge on any atom is -0.350 e. The summed E-state index contributed by atoms with van der Waals surface area (Å²) in [6, 6.07) is 0. The minimum absolute atomic E-state index is 0.0989. The number of thiazole rings is 1. The number of rotatable bonds is 4. The molecule has 0 amide bonds. The lowest BCUT2D eigenvalue weighted by Gasteiger charge is -2.14. The first kappa shape index (κ1) is 13.5. The van der Waals surface area contributed by atoms with Crippen LogP contribution in [0.1, 0.15) is 28.2 Å². The van der Waals surface area contributed by atoms with Gasteiger partial charge in [0, 0.05) is 26.3 Å². The van der Waals surface area contributed by atoms with Crippen LogP contribution in [0.4, 0.5) is 5.13 Å². The van der Waals surface area contributed by atoms with Gasteiger partial charge in [-0.2, -0.15) is 0 Å². The lowest BCUT2D eigenvalue weighted by atomic mass is 10.0. The molecule has 1 heterocycles. The highest BCUT2D eigenvalue weighted by Crippen LogP contribution is 2.31. The Hall–Kier alpha value is -0.950. The summed E-state index contributed by atoms with van der Waals surface area (Å²) in [6.45, 7) is 0.402. The van der Waals surface area contributed by atoms with Gasteiger partial charge in [-0.3, -0.25) is 4.79 Å². The molecule has 1 aliphatic rings. The molecule has 0 fully saturated rings. The molecule has 0 saturated heterocycles. The zero-order valence-electron chi connectivity index (χ0n) is 10.5. The lowest BCUT2D eigenvalue weighted by molar-refractivity contribution is 0.0976. The highest BCUT2D eigenvalue weighted by atomic mass is 32.2. The van der Waals surface area contributed by atoms with Crippen LogP contribution in [0.3, 0.4) is 0 Å². The molecular formula is C11H16N2O3S2. The normalized spacial score (nSPS) is 15.6. The third kappa shape index (κ3) is 3.08. The molecule has 0 unspecified atom stereocenters. The number of anilines is 1. The van der Waals surface area contributed by atoms with Crippen molar-refractivity contribution in [1.29, 1.82) is 0 Å². The monoisotopic (exact) mass is 288 g/mol. The summed E-state index contributed by atoms with van der Waals surface area (Å²) in [5.41, 5.74) is 0.873. The van der Waals surface area contributed by atoms with Crippen molar-refractivity contribution in [2.75, 3.05) is 30.5 Å². The number of fused-ring (bicyclic) bond motifs is 1. The lowest BCUT2D eigenvalue weighted by Crippen LogP contribution is -2.24. The van der Waals surface area contributed by atoms with E-state index < -0.39 is 9.84 Å². The van der Waals surface area contributed by atoms with Crippen LogP contribution < -0.4 is 4.90 Å². The molecule has 0 saturated carbocycles. The van der Waals surface area contributed by atoms with Crippen molar-refractivity contribution in [3.8, 4) is 0 Å². The Labute approximate surface area is 111 Å². The average molecular weight is 288 g/mol. The van der Waals surface area contributed by atoms with Crippen LogP contribution in [-0.4, -0.2) is 44.8 Å². The number of nitrogens with zero attached hydrogens (tertiary/aromatic N) is 2. The van der Waals surface area contributed by atoms with E-state index in [2.05, 4.69) is 4.98 Å². The second-order valence-corrected chi connectivity index (χ2v) is 7.84. The number of aromatic nitrogens is 1. The smallest absolute Gasteiger partial charge is 0.185 e. The molecule has 0 aliphatic heterocycles. The number of aryl methyl sites for hydroxylation is 1. The van der Waals surface area contributed by atoms with E-state index >= 15 is 0 Å². The highest BCUT2D eigenvalue weighted by molar-refractivity contribution is 7.90. The van der Waals surface area contributed by atoms with E-state index in [0.717, 1.165) is 28.5 Å². The number of hydrogen-bond donors (Lipinski definition) is 0. The molecule has 0 bridgehead atoms. The van der Waals surface area contributed by atoms with E-state index in [1.165, 1.54) is 17.6 Å². The van der Waals surface area contributed by atoms with Gasteiger partial charge in [-0.1, -0.05) is 11.3 Å². The Balaban J connectivity index is 2.12. The Bertz CT molecular complexity index is 563. The summed E-state index contributed by atoms with van der Waals surface area (Å²) in [5.74, 6) is 0.262. The SMILES string of the molecule is CN(CCS(C)(=O)=O)c1nc2c(s1)C(=O)CCC2. The van der Waals surface area contributed by atoms with E-state index in [0.29, 0.717) is 13.0 Å². The molecule has 0 N–H and O–H groups in total. The van der Waals surface area contributed by atoms with Crippen LogP contribution in [0.2, 0.25) is 0 Å². The Kier molecular flexibility index (Phi) is 3.72. The summed E-state index contributed by atoms with van der Waals surface area (Å²) in [4.78, 5) is 18.7. The van der Waals surface area contributed by atoms with E-state index in [1.807, 2.05) is 0 Å². The van der Waals surface area contributed by atoms with Gasteiger partial charge in [-0.05, 0) is 12.8 Å². The first-order valence-electron chi connectivity index (χ1n) is 5.78. The zero-order valence-corrected chi connectivity index (χ0v) is 12.1. The van der Waals surface area contributed by atoms with Crippen molar-refractivity contribution in [2.45, 2.75) is 19.3 Å². The van der Waals surface area contributed by atoms with Gasteiger partial charge in [-0.15, -0.1) is 0 Å². The van der Waals surface area contributed by atoms with Crippen LogP contribution in [0.5, 0.6) is 0 Å². The first-order chi connectivity index (χ1) is 8.37. The number of carbonyl (C=O) groups excluding carboxylic acids is 1. The van der Waals surface area contributed by atoms with E-state index in [-0.39, 0.29) is 11.5 Å². The third-order valence-electron chi connectivity index (χ3n) is 2.88. The molecule has 18 heavy (non-hydrogen) atoms. The van der Waals surface area contributed by atoms with Crippen molar-refractivity contribution in [1.82, 2.24) is 4.98 Å². The maximum absolute atomic E-state index is 11.7. The predicted octanol–water partition coefficient (Wildman–Crippen LogP) is 1.14. The Morgan fingerprint density at radius 2 is 2.11 bits per heavy atom. The standard InChI is InChI=1S/C11H16N2O3S2/c1-13(6-7-18(2,15)16)11-12-8-4-3-5-9(14)10(8)17-11/h3-7H2,1-2H3. The number of ketones is 1. The van der Waals surface area contributed by atoms with Crippen molar-refractivity contribution in [3.05, 3.63) is 10.6 Å². The topological polar surface area (TPSA) is 67.3 Å². The third-order valence-corrected chi connectivity index (χ3v) is 5.06. The van der Waals surface area contributed by atoms with Crippen molar-refractivity contribution in [2.24, 2.45) is 0 Å². The molecular weight excluding hydrogens is 272 g/mol. The summed E-state index contributed by atoms with van der Waals surface area (Å²) in [7, 11) is -1.17. The van der Waals surface area contributed by atoms with Gasteiger partial charge in [0.2, 0.25) is 0 Å². The largest absolute Gasteiger partial charge is 0.350 e. The second kappa shape index (κ2) is 4.97. The van der Waals surface area contributed by atoms with Gasteiger partial charge in [0.15, 0.2) is 10.9 Å². The van der Waals surface area contributed by atoms with Crippen LogP contribution >= 0.6 is 11.3 Å². The molecule has 5 nitrogen and oxygen atoms in total. The quantitative estimate of drug-likeness (QED) is 0.831. The molecule has 1 aromatic heterocycles. The minimum atomic E-state index is -2.97. The summed E-state index contributed by atoms with van der Waals surface area (Å²) < 4.78 is 22.2.